The molecule has 2 rings (SSSR count). The second-order valence-electron chi connectivity index (χ2n) is 6.82. The number of nitrogens with one attached hydrogen (secondary N) is 1. The lowest BCUT2D eigenvalue weighted by atomic mass is 9.92. The van der Waals surface area contributed by atoms with Crippen LogP contribution in [0.25, 0.3) is 0 Å². The number of aliphatic hydroxyl groups excluding tert-OH is 4. The molecule has 0 radical (unpaired) electrons. The molecule has 0 aromatic rings. The van der Waals surface area contributed by atoms with E-state index in [0.717, 1.165) is 7.11 Å². The Bertz CT molecular complexity index is 561. The summed E-state index contributed by atoms with van der Waals surface area (Å²) in [6.07, 6.45) is -12.4. The third-order valence-electron chi connectivity index (χ3n) is 4.87. The number of carbonyl (C=O) groups excluding carboxylic acids is 1. The first kappa shape index (κ1) is 22.9. The van der Waals surface area contributed by atoms with Gasteiger partial charge in [0.1, 0.15) is 36.6 Å². The van der Waals surface area contributed by atoms with Crippen molar-refractivity contribution in [3.63, 3.8) is 0 Å². The van der Waals surface area contributed by atoms with E-state index in [1.165, 1.54) is 6.92 Å². The summed E-state index contributed by atoms with van der Waals surface area (Å²) in [5.74, 6) is -1.89. The maximum atomic E-state index is 11.5. The van der Waals surface area contributed by atoms with Crippen molar-refractivity contribution in [3.8, 4) is 0 Å². The van der Waals surface area contributed by atoms with Gasteiger partial charge in [-0.1, -0.05) is 0 Å². The standard InChI is InChI=1S/C16H27NO11/c1-5-8(17-6(2)19)12(9(20)7(4-18)26-5)27-16-11(22)10(21)13(25-3)14(28-16)15(23)24/h5,7-14,16,18,20-22H,4H2,1-3H3,(H,17,19)(H,23,24)/t5-,7+,8-,9+,10+,11+,12+,13-,14-,16+/m0/s1. The van der Waals surface area contributed by atoms with Crippen molar-refractivity contribution in [3.05, 3.63) is 0 Å². The number of rotatable bonds is 6. The molecule has 0 aromatic heterocycles. The fourth-order valence-corrected chi connectivity index (χ4v) is 3.45. The maximum absolute atomic E-state index is 11.5. The molecule has 6 N–H and O–H groups in total. The van der Waals surface area contributed by atoms with Crippen molar-refractivity contribution in [1.82, 2.24) is 5.32 Å². The molecule has 0 unspecified atom stereocenters. The number of hydrogen-bond acceptors (Lipinski definition) is 10. The molecule has 0 spiro atoms. The number of ether oxygens (including phenoxy) is 4. The monoisotopic (exact) mass is 409 g/mol. The van der Waals surface area contributed by atoms with Crippen LogP contribution in [-0.2, 0) is 28.5 Å². The molecule has 28 heavy (non-hydrogen) atoms. The molecule has 1 amide bonds. The Morgan fingerprint density at radius 2 is 1.71 bits per heavy atom. The zero-order valence-corrected chi connectivity index (χ0v) is 15.7. The largest absolute Gasteiger partial charge is 0.479 e. The Labute approximate surface area is 160 Å². The molecule has 0 aromatic carbocycles. The topological polar surface area (TPSA) is 184 Å². The van der Waals surface area contributed by atoms with E-state index in [1.54, 1.807) is 6.92 Å². The van der Waals surface area contributed by atoms with Crippen molar-refractivity contribution < 1.29 is 54.1 Å². The Hall–Kier alpha value is -1.38. The first-order valence-corrected chi connectivity index (χ1v) is 8.76. The quantitative estimate of drug-likeness (QED) is 0.256. The molecule has 2 saturated heterocycles. The van der Waals surface area contributed by atoms with E-state index in [-0.39, 0.29) is 0 Å². The molecule has 0 bridgehead atoms. The fourth-order valence-electron chi connectivity index (χ4n) is 3.45. The zero-order chi connectivity index (χ0) is 21.2. The smallest absolute Gasteiger partial charge is 0.335 e. The Morgan fingerprint density at radius 1 is 1.07 bits per heavy atom. The summed E-state index contributed by atoms with van der Waals surface area (Å²) in [5.41, 5.74) is 0. The predicted octanol–water partition coefficient (Wildman–Crippen LogP) is -3.44. The molecule has 0 aliphatic carbocycles. The average molecular weight is 409 g/mol. The molecule has 12 nitrogen and oxygen atoms in total. The van der Waals surface area contributed by atoms with Crippen LogP contribution < -0.4 is 5.32 Å². The molecular formula is C16H27NO11. The lowest BCUT2D eigenvalue weighted by Gasteiger charge is -2.47. The SMILES string of the molecule is CO[C@H]1[C@H](O)[C@@H](O)[C@H](O[C@H]2[C@H](O)[C@@H](CO)O[C@@H](C)[C@@H]2NC(C)=O)O[C@@H]1C(=O)O. The predicted molar refractivity (Wildman–Crippen MR) is 89.0 cm³/mol. The van der Waals surface area contributed by atoms with Gasteiger partial charge >= 0.3 is 5.97 Å². The van der Waals surface area contributed by atoms with Crippen LogP contribution in [0.5, 0.6) is 0 Å². The highest BCUT2D eigenvalue weighted by molar-refractivity contribution is 5.73. The van der Waals surface area contributed by atoms with E-state index in [0.29, 0.717) is 0 Å². The average Bonchev–Trinajstić information content (AvgIpc) is 2.63. The Morgan fingerprint density at radius 3 is 2.21 bits per heavy atom. The van der Waals surface area contributed by atoms with Crippen LogP contribution in [0.3, 0.4) is 0 Å². The Kier molecular flexibility index (Phi) is 7.70. The van der Waals surface area contributed by atoms with E-state index in [1.807, 2.05) is 0 Å². The molecule has 0 saturated carbocycles. The number of methoxy groups -OCH3 is 1. The summed E-state index contributed by atoms with van der Waals surface area (Å²) in [4.78, 5) is 23.0. The number of carbonyl (C=O) groups is 2. The third-order valence-corrected chi connectivity index (χ3v) is 4.87. The molecule has 2 aliphatic rings. The van der Waals surface area contributed by atoms with Crippen molar-refractivity contribution in [2.45, 2.75) is 75.0 Å². The lowest BCUT2D eigenvalue weighted by Crippen LogP contribution is -2.67. The van der Waals surface area contributed by atoms with Gasteiger partial charge in [0.25, 0.3) is 0 Å². The number of carboxylic acids is 1. The van der Waals surface area contributed by atoms with Crippen LogP contribution in [0, 0.1) is 0 Å². The fraction of sp³-hybridized carbons (Fsp3) is 0.875. The first-order valence-electron chi connectivity index (χ1n) is 8.76. The van der Waals surface area contributed by atoms with Crippen LogP contribution >= 0.6 is 0 Å². The summed E-state index contributed by atoms with van der Waals surface area (Å²) in [7, 11) is 1.16. The van der Waals surface area contributed by atoms with Crippen LogP contribution in [0.15, 0.2) is 0 Å². The van der Waals surface area contributed by atoms with Gasteiger partial charge < -0.3 is 49.8 Å². The van der Waals surface area contributed by atoms with Gasteiger partial charge in [-0.3, -0.25) is 4.79 Å². The zero-order valence-electron chi connectivity index (χ0n) is 15.7. The van der Waals surface area contributed by atoms with Gasteiger partial charge in [-0.15, -0.1) is 0 Å². The molecular weight excluding hydrogens is 382 g/mol. The number of carboxylic acid groups (broad SMARTS) is 1. The Balaban J connectivity index is 2.26. The first-order chi connectivity index (χ1) is 13.1. The minimum absolute atomic E-state index is 0.447. The van der Waals surface area contributed by atoms with E-state index in [4.69, 9.17) is 18.9 Å². The van der Waals surface area contributed by atoms with E-state index in [2.05, 4.69) is 5.32 Å². The van der Waals surface area contributed by atoms with Gasteiger partial charge in [0.15, 0.2) is 12.4 Å². The summed E-state index contributed by atoms with van der Waals surface area (Å²) in [6, 6.07) is -0.897. The summed E-state index contributed by atoms with van der Waals surface area (Å²) in [6.45, 7) is 2.28. The van der Waals surface area contributed by atoms with Crippen LogP contribution in [-0.4, -0.2) is 112 Å². The van der Waals surface area contributed by atoms with Crippen molar-refractivity contribution in [1.29, 1.82) is 0 Å². The van der Waals surface area contributed by atoms with Crippen LogP contribution in [0.4, 0.5) is 0 Å². The molecule has 12 heteroatoms. The van der Waals surface area contributed by atoms with Gasteiger partial charge in [0, 0.05) is 14.0 Å². The second-order valence-corrected chi connectivity index (χ2v) is 6.82. The van der Waals surface area contributed by atoms with Crippen molar-refractivity contribution in [2.24, 2.45) is 0 Å². The third kappa shape index (κ3) is 4.60. The van der Waals surface area contributed by atoms with Gasteiger partial charge in [-0.2, -0.15) is 0 Å². The van der Waals surface area contributed by atoms with E-state index >= 15 is 0 Å². The summed E-state index contributed by atoms with van der Waals surface area (Å²) in [5, 5.41) is 52.2. The highest BCUT2D eigenvalue weighted by Gasteiger charge is 2.52. The van der Waals surface area contributed by atoms with E-state index in [9.17, 15) is 35.1 Å². The molecule has 2 aliphatic heterocycles. The summed E-state index contributed by atoms with van der Waals surface area (Å²) >= 11 is 0. The second kappa shape index (κ2) is 9.41. The number of aliphatic hydroxyl groups is 4. The van der Waals surface area contributed by atoms with Crippen molar-refractivity contribution in [2.75, 3.05) is 13.7 Å². The summed E-state index contributed by atoms with van der Waals surface area (Å²) < 4.78 is 21.2. The lowest BCUT2D eigenvalue weighted by molar-refractivity contribution is -0.327. The van der Waals surface area contributed by atoms with Gasteiger partial charge in [0.2, 0.25) is 5.91 Å². The number of aliphatic carboxylic acids is 1. The molecule has 2 fully saturated rings. The highest BCUT2D eigenvalue weighted by Crippen LogP contribution is 2.30. The van der Waals surface area contributed by atoms with Gasteiger partial charge in [-0.25, -0.2) is 4.79 Å². The normalized spacial score (nSPS) is 44.1. The maximum Gasteiger partial charge on any atom is 0.335 e. The minimum atomic E-state index is -1.70. The highest BCUT2D eigenvalue weighted by atomic mass is 16.7. The van der Waals surface area contributed by atoms with Crippen LogP contribution in [0.1, 0.15) is 13.8 Å². The minimum Gasteiger partial charge on any atom is -0.479 e. The van der Waals surface area contributed by atoms with Gasteiger partial charge in [0.05, 0.1) is 18.8 Å². The van der Waals surface area contributed by atoms with E-state index < -0.39 is 79.6 Å². The molecule has 10 atom stereocenters. The van der Waals surface area contributed by atoms with Crippen LogP contribution in [0.2, 0.25) is 0 Å². The number of amides is 1. The molecule has 2 heterocycles. The molecule has 162 valence electrons. The van der Waals surface area contributed by atoms with Gasteiger partial charge in [-0.05, 0) is 6.92 Å². The van der Waals surface area contributed by atoms with Crippen molar-refractivity contribution >= 4 is 11.9 Å². The number of hydrogen-bond donors (Lipinski definition) is 6.